The fourth-order valence-corrected chi connectivity index (χ4v) is 2.89. The Labute approximate surface area is 159 Å². The molecule has 0 bridgehead atoms. The van der Waals surface area contributed by atoms with E-state index in [0.29, 0.717) is 35.6 Å². The van der Waals surface area contributed by atoms with E-state index in [1.807, 2.05) is 6.07 Å². The normalized spacial score (nSPS) is 11.7. The molecule has 0 radical (unpaired) electrons. The molecular formula is C21H26N2O4. The number of carbonyl (C=O) groups is 2. The minimum absolute atomic E-state index is 0.370. The first-order chi connectivity index (χ1) is 12.9. The maximum absolute atomic E-state index is 11.5. The molecule has 1 aromatic heterocycles. The van der Waals surface area contributed by atoms with Crippen molar-refractivity contribution in [1.82, 2.24) is 4.98 Å². The lowest BCUT2D eigenvalue weighted by Crippen LogP contribution is -2.12. The average molecular weight is 370 g/mol. The maximum Gasteiger partial charge on any atom is 0.412 e. The molecule has 1 unspecified atom stereocenters. The summed E-state index contributed by atoms with van der Waals surface area (Å²) in [6, 6.07) is 8.97. The lowest BCUT2D eigenvalue weighted by molar-refractivity contribution is 0.111. The van der Waals surface area contributed by atoms with Gasteiger partial charge in [-0.1, -0.05) is 26.8 Å². The number of aldehydes is 1. The van der Waals surface area contributed by atoms with E-state index < -0.39 is 6.09 Å². The number of ether oxygens (including phenoxy) is 2. The van der Waals surface area contributed by atoms with Crippen molar-refractivity contribution in [2.24, 2.45) is 11.8 Å². The second kappa shape index (κ2) is 9.71. The molecule has 6 nitrogen and oxygen atoms in total. The number of rotatable bonds is 8. The van der Waals surface area contributed by atoms with E-state index in [-0.39, 0.29) is 0 Å². The van der Waals surface area contributed by atoms with Gasteiger partial charge in [0, 0.05) is 6.20 Å². The Balaban J connectivity index is 2.17. The van der Waals surface area contributed by atoms with Gasteiger partial charge in [-0.15, -0.1) is 0 Å². The van der Waals surface area contributed by atoms with Crippen LogP contribution < -0.4 is 10.1 Å². The molecule has 27 heavy (non-hydrogen) atoms. The number of carbonyl (C=O) groups excluding carboxylic acids is 2. The number of benzene rings is 1. The summed E-state index contributed by atoms with van der Waals surface area (Å²) < 4.78 is 10.4. The minimum atomic E-state index is -0.590. The second-order valence-corrected chi connectivity index (χ2v) is 6.96. The summed E-state index contributed by atoms with van der Waals surface area (Å²) in [7, 11) is 1.29. The van der Waals surface area contributed by atoms with Gasteiger partial charge in [0.2, 0.25) is 0 Å². The quantitative estimate of drug-likeness (QED) is 0.675. The Kier molecular flexibility index (Phi) is 7.34. The van der Waals surface area contributed by atoms with Crippen molar-refractivity contribution in [1.29, 1.82) is 0 Å². The summed E-state index contributed by atoms with van der Waals surface area (Å²) in [5.74, 6) is 1.97. The van der Waals surface area contributed by atoms with Crippen molar-refractivity contribution in [3.63, 3.8) is 0 Å². The molecule has 2 aromatic rings. The van der Waals surface area contributed by atoms with Crippen LogP contribution in [-0.4, -0.2) is 31.1 Å². The minimum Gasteiger partial charge on any atom is -0.493 e. The molecule has 0 aliphatic rings. The van der Waals surface area contributed by atoms with Gasteiger partial charge in [-0.05, 0) is 53.6 Å². The third kappa shape index (κ3) is 6.09. The third-order valence-electron chi connectivity index (χ3n) is 4.04. The van der Waals surface area contributed by atoms with E-state index in [2.05, 4.69) is 35.8 Å². The van der Waals surface area contributed by atoms with Crippen LogP contribution in [0.5, 0.6) is 5.75 Å². The zero-order valence-corrected chi connectivity index (χ0v) is 16.2. The number of aromatic nitrogens is 1. The molecule has 1 aromatic carbocycles. The van der Waals surface area contributed by atoms with Crippen LogP contribution in [0.4, 0.5) is 10.6 Å². The first-order valence-electron chi connectivity index (χ1n) is 8.96. The number of amides is 1. The van der Waals surface area contributed by atoms with Gasteiger partial charge >= 0.3 is 6.09 Å². The fourth-order valence-electron chi connectivity index (χ4n) is 2.89. The molecule has 0 saturated carbocycles. The SMILES string of the molecule is COC(=O)Nc1cc(-c2ccc(OCC(C)CC(C)C)c(C=O)c2)ccn1. The second-order valence-electron chi connectivity index (χ2n) is 6.96. The van der Waals surface area contributed by atoms with Gasteiger partial charge in [0.1, 0.15) is 11.6 Å². The van der Waals surface area contributed by atoms with E-state index in [1.165, 1.54) is 7.11 Å². The molecule has 1 heterocycles. The topological polar surface area (TPSA) is 77.5 Å². The van der Waals surface area contributed by atoms with E-state index >= 15 is 0 Å². The van der Waals surface area contributed by atoms with Crippen LogP contribution in [0.1, 0.15) is 37.6 Å². The Hall–Kier alpha value is -2.89. The van der Waals surface area contributed by atoms with Crippen LogP contribution in [0, 0.1) is 11.8 Å². The molecule has 1 amide bonds. The first kappa shape index (κ1) is 20.4. The predicted molar refractivity (Wildman–Crippen MR) is 105 cm³/mol. The highest BCUT2D eigenvalue weighted by atomic mass is 16.5. The molecule has 2 rings (SSSR count). The van der Waals surface area contributed by atoms with Crippen LogP contribution in [-0.2, 0) is 4.74 Å². The number of nitrogens with one attached hydrogen (secondary N) is 1. The largest absolute Gasteiger partial charge is 0.493 e. The zero-order chi connectivity index (χ0) is 19.8. The number of hydrogen-bond donors (Lipinski definition) is 1. The molecule has 0 spiro atoms. The standard InChI is InChI=1S/C21H26N2O4/c1-14(2)9-15(3)13-27-19-6-5-16(10-18(19)12-24)17-7-8-22-20(11-17)23-21(25)26-4/h5-8,10-12,14-15H,9,13H2,1-4H3,(H,22,23,25). The maximum atomic E-state index is 11.5. The molecule has 6 heteroatoms. The molecule has 0 fully saturated rings. The Morgan fingerprint density at radius 1 is 1.19 bits per heavy atom. The van der Waals surface area contributed by atoms with Crippen LogP contribution in [0.3, 0.4) is 0 Å². The van der Waals surface area contributed by atoms with E-state index in [4.69, 9.17) is 4.74 Å². The van der Waals surface area contributed by atoms with E-state index in [9.17, 15) is 9.59 Å². The monoisotopic (exact) mass is 370 g/mol. The molecule has 144 valence electrons. The fraction of sp³-hybridized carbons (Fsp3) is 0.381. The van der Waals surface area contributed by atoms with Crippen LogP contribution in [0.25, 0.3) is 11.1 Å². The van der Waals surface area contributed by atoms with Gasteiger partial charge in [-0.3, -0.25) is 10.1 Å². The highest BCUT2D eigenvalue weighted by molar-refractivity contribution is 5.86. The van der Waals surface area contributed by atoms with Crippen LogP contribution >= 0.6 is 0 Å². The highest BCUT2D eigenvalue weighted by Crippen LogP contribution is 2.27. The van der Waals surface area contributed by atoms with E-state index in [0.717, 1.165) is 23.8 Å². The summed E-state index contributed by atoms with van der Waals surface area (Å²) in [5.41, 5.74) is 2.14. The van der Waals surface area contributed by atoms with Crippen LogP contribution in [0.15, 0.2) is 36.5 Å². The van der Waals surface area contributed by atoms with Crippen LogP contribution in [0.2, 0.25) is 0 Å². The number of hydrogen-bond acceptors (Lipinski definition) is 5. The molecule has 0 saturated heterocycles. The Bertz CT molecular complexity index is 790. The van der Waals surface area contributed by atoms with Gasteiger partial charge in [0.15, 0.2) is 6.29 Å². The van der Waals surface area contributed by atoms with Crippen molar-refractivity contribution in [3.8, 4) is 16.9 Å². The molecule has 1 N–H and O–H groups in total. The highest BCUT2D eigenvalue weighted by Gasteiger charge is 2.11. The van der Waals surface area contributed by atoms with Gasteiger partial charge in [-0.2, -0.15) is 0 Å². The summed E-state index contributed by atoms with van der Waals surface area (Å²) in [4.78, 5) is 26.9. The van der Waals surface area contributed by atoms with Crippen molar-refractivity contribution in [2.45, 2.75) is 27.2 Å². The van der Waals surface area contributed by atoms with Crippen molar-refractivity contribution >= 4 is 18.2 Å². The summed E-state index contributed by atoms with van der Waals surface area (Å²) >= 11 is 0. The Morgan fingerprint density at radius 3 is 2.59 bits per heavy atom. The summed E-state index contributed by atoms with van der Waals surface area (Å²) in [5, 5.41) is 2.52. The molecule has 1 atom stereocenters. The smallest absolute Gasteiger partial charge is 0.412 e. The summed E-state index contributed by atoms with van der Waals surface area (Å²) in [6.45, 7) is 7.07. The Morgan fingerprint density at radius 2 is 1.93 bits per heavy atom. The number of methoxy groups -OCH3 is 1. The van der Waals surface area contributed by atoms with Gasteiger partial charge in [0.25, 0.3) is 0 Å². The molecule has 0 aliphatic heterocycles. The first-order valence-corrected chi connectivity index (χ1v) is 8.96. The third-order valence-corrected chi connectivity index (χ3v) is 4.04. The molecule has 0 aliphatic carbocycles. The average Bonchev–Trinajstić information content (AvgIpc) is 2.65. The van der Waals surface area contributed by atoms with Gasteiger partial charge < -0.3 is 9.47 Å². The van der Waals surface area contributed by atoms with E-state index in [1.54, 1.807) is 30.5 Å². The molecular weight excluding hydrogens is 344 g/mol. The summed E-state index contributed by atoms with van der Waals surface area (Å²) in [6.07, 6.45) is 2.86. The van der Waals surface area contributed by atoms with Gasteiger partial charge in [0.05, 0.1) is 19.3 Å². The lowest BCUT2D eigenvalue weighted by atomic mass is 10.00. The van der Waals surface area contributed by atoms with Crippen molar-refractivity contribution < 1.29 is 19.1 Å². The van der Waals surface area contributed by atoms with Gasteiger partial charge in [-0.25, -0.2) is 9.78 Å². The zero-order valence-electron chi connectivity index (χ0n) is 16.2. The number of anilines is 1. The lowest BCUT2D eigenvalue weighted by Gasteiger charge is -2.16. The van der Waals surface area contributed by atoms with Crippen molar-refractivity contribution in [2.75, 3.05) is 19.0 Å². The van der Waals surface area contributed by atoms with Crippen molar-refractivity contribution in [3.05, 3.63) is 42.1 Å². The number of pyridine rings is 1. The predicted octanol–water partition coefficient (Wildman–Crippen LogP) is 4.80. The number of nitrogens with zero attached hydrogens (tertiary/aromatic N) is 1.